The number of carbonyl (C=O) groups is 4. The molecule has 0 bridgehead atoms. The Kier molecular flexibility index (Phi) is 7.92. The summed E-state index contributed by atoms with van der Waals surface area (Å²) in [7, 11) is 0. The third-order valence-corrected chi connectivity index (χ3v) is 4.65. The van der Waals surface area contributed by atoms with Crippen molar-refractivity contribution in [3.63, 3.8) is 0 Å². The lowest BCUT2D eigenvalue weighted by Crippen LogP contribution is -2.35. The predicted octanol–water partition coefficient (Wildman–Crippen LogP) is 1.64. The van der Waals surface area contributed by atoms with E-state index in [1.165, 1.54) is 11.8 Å². The SMILES string of the molecule is CC(C)C(=O)OCCN1C(=O)CC(SCCOC(=O)C(C)(C)C)C1=O. The maximum absolute atomic E-state index is 12.2. The summed E-state index contributed by atoms with van der Waals surface area (Å²) in [5.41, 5.74) is -0.561. The first-order valence-electron chi connectivity index (χ1n) is 8.33. The molecule has 0 aliphatic carbocycles. The second-order valence-electron chi connectivity index (χ2n) is 7.16. The van der Waals surface area contributed by atoms with Crippen molar-refractivity contribution in [3.8, 4) is 0 Å². The van der Waals surface area contributed by atoms with Crippen LogP contribution in [0.3, 0.4) is 0 Å². The minimum absolute atomic E-state index is 0.00900. The highest BCUT2D eigenvalue weighted by atomic mass is 32.2. The molecule has 0 aromatic heterocycles. The number of hydrogen-bond donors (Lipinski definition) is 0. The number of rotatable bonds is 8. The Labute approximate surface area is 152 Å². The zero-order valence-corrected chi connectivity index (χ0v) is 16.3. The van der Waals surface area contributed by atoms with Crippen LogP contribution in [0.5, 0.6) is 0 Å². The van der Waals surface area contributed by atoms with Gasteiger partial charge in [0.1, 0.15) is 13.2 Å². The summed E-state index contributed by atoms with van der Waals surface area (Å²) in [6, 6.07) is 0. The largest absolute Gasteiger partial charge is 0.464 e. The molecule has 1 rings (SSSR count). The van der Waals surface area contributed by atoms with Gasteiger partial charge in [-0.2, -0.15) is 0 Å². The maximum atomic E-state index is 12.2. The van der Waals surface area contributed by atoms with Crippen LogP contribution in [-0.2, 0) is 28.7 Å². The van der Waals surface area contributed by atoms with Gasteiger partial charge in [0.25, 0.3) is 0 Å². The van der Waals surface area contributed by atoms with Gasteiger partial charge in [-0.25, -0.2) is 0 Å². The summed E-state index contributed by atoms with van der Waals surface area (Å²) in [6.45, 7) is 9.02. The highest BCUT2D eigenvalue weighted by Gasteiger charge is 2.38. The molecule has 0 aromatic carbocycles. The van der Waals surface area contributed by atoms with Crippen molar-refractivity contribution in [2.24, 2.45) is 11.3 Å². The fourth-order valence-corrected chi connectivity index (χ4v) is 2.96. The van der Waals surface area contributed by atoms with E-state index in [4.69, 9.17) is 9.47 Å². The van der Waals surface area contributed by atoms with Gasteiger partial charge in [0.15, 0.2) is 0 Å². The molecule has 0 aromatic rings. The Bertz CT molecular complexity index is 526. The van der Waals surface area contributed by atoms with E-state index in [1.54, 1.807) is 34.6 Å². The first kappa shape index (κ1) is 21.5. The monoisotopic (exact) mass is 373 g/mol. The number of hydrogen-bond acceptors (Lipinski definition) is 7. The van der Waals surface area contributed by atoms with Gasteiger partial charge in [0.05, 0.1) is 23.1 Å². The lowest BCUT2D eigenvalue weighted by molar-refractivity contribution is -0.152. The summed E-state index contributed by atoms with van der Waals surface area (Å²) >= 11 is 1.30. The molecule has 1 fully saturated rings. The molecule has 25 heavy (non-hydrogen) atoms. The van der Waals surface area contributed by atoms with Gasteiger partial charge in [-0.3, -0.25) is 24.1 Å². The number of esters is 2. The summed E-state index contributed by atoms with van der Waals surface area (Å²) in [4.78, 5) is 48.4. The Hall–Kier alpha value is -1.57. The first-order valence-corrected chi connectivity index (χ1v) is 9.38. The van der Waals surface area contributed by atoms with Crippen molar-refractivity contribution in [1.82, 2.24) is 4.90 Å². The van der Waals surface area contributed by atoms with E-state index in [2.05, 4.69) is 0 Å². The van der Waals surface area contributed by atoms with E-state index in [1.807, 2.05) is 0 Å². The summed E-state index contributed by atoms with van der Waals surface area (Å²) in [5, 5.41) is -0.471. The molecule has 1 heterocycles. The fourth-order valence-electron chi connectivity index (χ4n) is 1.96. The average molecular weight is 373 g/mol. The summed E-state index contributed by atoms with van der Waals surface area (Å²) in [6.07, 6.45) is 0.120. The smallest absolute Gasteiger partial charge is 0.311 e. The van der Waals surface area contributed by atoms with Crippen LogP contribution in [0.2, 0.25) is 0 Å². The molecule has 1 atom stereocenters. The maximum Gasteiger partial charge on any atom is 0.311 e. The third-order valence-electron chi connectivity index (χ3n) is 3.48. The van der Waals surface area contributed by atoms with Crippen LogP contribution >= 0.6 is 11.8 Å². The standard InChI is InChI=1S/C17H27NO6S/c1-11(2)15(21)23-7-6-18-13(19)10-12(14(18)20)25-9-8-24-16(22)17(3,4)5/h11-12H,6-10H2,1-5H3. The number of likely N-dealkylation sites (tertiary alicyclic amines) is 1. The van der Waals surface area contributed by atoms with Gasteiger partial charge >= 0.3 is 11.9 Å². The van der Waals surface area contributed by atoms with Crippen molar-refractivity contribution >= 4 is 35.5 Å². The molecule has 0 radical (unpaired) electrons. The second kappa shape index (κ2) is 9.22. The van der Waals surface area contributed by atoms with E-state index in [0.29, 0.717) is 5.75 Å². The van der Waals surface area contributed by atoms with E-state index < -0.39 is 10.7 Å². The van der Waals surface area contributed by atoms with Crippen LogP contribution in [0, 0.1) is 11.3 Å². The molecular formula is C17H27NO6S. The quantitative estimate of drug-likeness (QED) is 0.363. The molecule has 1 aliphatic rings. The second-order valence-corrected chi connectivity index (χ2v) is 8.47. The highest BCUT2D eigenvalue weighted by molar-refractivity contribution is 8.00. The highest BCUT2D eigenvalue weighted by Crippen LogP contribution is 2.25. The van der Waals surface area contributed by atoms with Gasteiger partial charge in [-0.1, -0.05) is 13.8 Å². The number of carbonyl (C=O) groups excluding carboxylic acids is 4. The minimum atomic E-state index is -0.561. The average Bonchev–Trinajstić information content (AvgIpc) is 2.77. The van der Waals surface area contributed by atoms with E-state index in [9.17, 15) is 19.2 Å². The van der Waals surface area contributed by atoms with E-state index in [-0.39, 0.29) is 55.9 Å². The van der Waals surface area contributed by atoms with Crippen molar-refractivity contribution in [2.75, 3.05) is 25.5 Å². The summed E-state index contributed by atoms with van der Waals surface area (Å²) in [5.74, 6) is -1.00. The normalized spacial score (nSPS) is 18.0. The molecular weight excluding hydrogens is 346 g/mol. The lowest BCUT2D eigenvalue weighted by Gasteiger charge is -2.17. The zero-order valence-electron chi connectivity index (χ0n) is 15.5. The Morgan fingerprint density at radius 3 is 2.40 bits per heavy atom. The van der Waals surface area contributed by atoms with Crippen molar-refractivity contribution in [3.05, 3.63) is 0 Å². The fraction of sp³-hybridized carbons (Fsp3) is 0.765. The topological polar surface area (TPSA) is 90.0 Å². The van der Waals surface area contributed by atoms with Gasteiger partial charge in [-0.15, -0.1) is 11.8 Å². The van der Waals surface area contributed by atoms with Gasteiger partial charge in [0, 0.05) is 12.2 Å². The predicted molar refractivity (Wildman–Crippen MR) is 93.8 cm³/mol. The molecule has 0 saturated carbocycles. The van der Waals surface area contributed by atoms with Crippen molar-refractivity contribution < 1.29 is 28.7 Å². The number of amides is 2. The van der Waals surface area contributed by atoms with Gasteiger partial charge in [0.2, 0.25) is 11.8 Å². The molecule has 1 aliphatic heterocycles. The molecule has 2 amide bonds. The number of ether oxygens (including phenoxy) is 2. The van der Waals surface area contributed by atoms with E-state index >= 15 is 0 Å². The molecule has 1 saturated heterocycles. The van der Waals surface area contributed by atoms with E-state index in [0.717, 1.165) is 4.90 Å². The summed E-state index contributed by atoms with van der Waals surface area (Å²) < 4.78 is 10.1. The van der Waals surface area contributed by atoms with Crippen LogP contribution in [0.1, 0.15) is 41.0 Å². The van der Waals surface area contributed by atoms with Crippen LogP contribution in [0.4, 0.5) is 0 Å². The van der Waals surface area contributed by atoms with Crippen LogP contribution in [0.25, 0.3) is 0 Å². The minimum Gasteiger partial charge on any atom is -0.464 e. The number of nitrogens with zero attached hydrogens (tertiary/aromatic N) is 1. The third kappa shape index (κ3) is 6.68. The Morgan fingerprint density at radius 1 is 1.20 bits per heavy atom. The number of imide groups is 1. The molecule has 7 nitrogen and oxygen atoms in total. The lowest BCUT2D eigenvalue weighted by atomic mass is 9.97. The molecule has 142 valence electrons. The zero-order chi connectivity index (χ0) is 19.2. The number of thioether (sulfide) groups is 1. The van der Waals surface area contributed by atoms with Crippen LogP contribution in [0.15, 0.2) is 0 Å². The van der Waals surface area contributed by atoms with Crippen LogP contribution < -0.4 is 0 Å². The van der Waals surface area contributed by atoms with Gasteiger partial charge in [-0.05, 0) is 20.8 Å². The first-order chi connectivity index (χ1) is 11.5. The molecule has 0 spiro atoms. The van der Waals surface area contributed by atoms with Crippen LogP contribution in [-0.4, -0.2) is 59.4 Å². The molecule has 0 N–H and O–H groups in total. The van der Waals surface area contributed by atoms with Crippen molar-refractivity contribution in [2.45, 2.75) is 46.3 Å². The Morgan fingerprint density at radius 2 is 1.84 bits per heavy atom. The van der Waals surface area contributed by atoms with Gasteiger partial charge < -0.3 is 9.47 Å². The Balaban J connectivity index is 2.34. The van der Waals surface area contributed by atoms with Crippen molar-refractivity contribution in [1.29, 1.82) is 0 Å². The molecule has 1 unspecified atom stereocenters. The molecule has 8 heteroatoms.